The zero-order valence-corrected chi connectivity index (χ0v) is 40.4. The molecule has 0 radical (unpaired) electrons. The Labute approximate surface area is 398 Å². The topological polar surface area (TPSA) is 292 Å². The van der Waals surface area contributed by atoms with Crippen molar-refractivity contribution in [3.63, 3.8) is 0 Å². The minimum absolute atomic E-state index is 0.0109. The van der Waals surface area contributed by atoms with Crippen LogP contribution in [0, 0.1) is 25.5 Å². The van der Waals surface area contributed by atoms with E-state index in [1.165, 1.54) is 61.7 Å². The molecule has 4 atom stereocenters. The van der Waals surface area contributed by atoms with Crippen LogP contribution in [0.3, 0.4) is 0 Å². The molecule has 0 spiro atoms. The lowest BCUT2D eigenvalue weighted by molar-refractivity contribution is 0.411. The quantitative estimate of drug-likeness (QED) is 0.127. The van der Waals surface area contributed by atoms with Crippen molar-refractivity contribution >= 4 is 19.7 Å². The summed E-state index contributed by atoms with van der Waals surface area (Å²) in [6.07, 6.45) is 6.77. The van der Waals surface area contributed by atoms with Crippen LogP contribution >= 0.6 is 0 Å². The van der Waals surface area contributed by atoms with Gasteiger partial charge in [0.05, 0.1) is 49.5 Å². The number of rotatable bonds is 16. The summed E-state index contributed by atoms with van der Waals surface area (Å²) in [5.41, 5.74) is -1.05. The molecule has 0 amide bonds. The van der Waals surface area contributed by atoms with E-state index in [4.69, 9.17) is 18.3 Å². The lowest BCUT2D eigenvalue weighted by atomic mass is 10.1. The zero-order chi connectivity index (χ0) is 50.7. The van der Waals surface area contributed by atoms with Crippen molar-refractivity contribution in [1.29, 1.82) is 0 Å². The van der Waals surface area contributed by atoms with Gasteiger partial charge >= 0.3 is 0 Å². The zero-order valence-electron chi connectivity index (χ0n) is 38.8. The van der Waals surface area contributed by atoms with Gasteiger partial charge in [0.1, 0.15) is 46.2 Å². The number of ether oxygens (including phenoxy) is 2. The molecule has 0 aliphatic heterocycles. The summed E-state index contributed by atoms with van der Waals surface area (Å²) in [4.78, 5) is 46.4. The lowest BCUT2D eigenvalue weighted by Gasteiger charge is -2.19. The molecule has 8 aromatic rings. The van der Waals surface area contributed by atoms with Gasteiger partial charge in [0.15, 0.2) is 65.9 Å². The van der Waals surface area contributed by atoms with Crippen LogP contribution < -0.4 is 20.6 Å². The first-order valence-corrected chi connectivity index (χ1v) is 24.6. The lowest BCUT2D eigenvalue weighted by Crippen LogP contribution is -2.28. The predicted molar refractivity (Wildman–Crippen MR) is 247 cm³/mol. The first-order chi connectivity index (χ1) is 33.2. The molecule has 0 aliphatic rings. The Morgan fingerprint density at radius 3 is 1.26 bits per heavy atom. The molecule has 0 fully saturated rings. The molecule has 8 rings (SSSR count). The average molecular weight is 1010 g/mol. The Morgan fingerprint density at radius 2 is 0.943 bits per heavy atom. The van der Waals surface area contributed by atoms with Gasteiger partial charge in [0.2, 0.25) is 11.6 Å². The maximum Gasteiger partial charge on any atom is 0.276 e. The third-order valence-corrected chi connectivity index (χ3v) is 15.8. The van der Waals surface area contributed by atoms with Gasteiger partial charge in [-0.1, -0.05) is 13.8 Å². The Balaban J connectivity index is 0.000000206. The van der Waals surface area contributed by atoms with Gasteiger partial charge in [0.25, 0.3) is 11.1 Å². The molecule has 0 aromatic carbocycles. The number of nitrogens with one attached hydrogen (secondary N) is 2. The fourth-order valence-corrected chi connectivity index (χ4v) is 10.3. The molecular weight excluding hydrogens is 959 g/mol. The summed E-state index contributed by atoms with van der Waals surface area (Å²) < 4.78 is 105. The molecule has 8 aromatic heterocycles. The number of H-pyrrole nitrogens is 2. The van der Waals surface area contributed by atoms with E-state index in [-0.39, 0.29) is 57.8 Å². The van der Waals surface area contributed by atoms with Crippen LogP contribution in [0.1, 0.15) is 74.3 Å². The van der Waals surface area contributed by atoms with E-state index >= 15 is 0 Å². The molecule has 70 heavy (non-hydrogen) atoms. The standard InChI is InChI=1S/2C22H23FN6O5S/c2*1-12-5-6-17(34-12)21-28-27-18(29(21)19-16(33-4)7-8-24-22(19)30)11-35(31,32)14(3)13(2)20-25-9-15(23)10-26-20/h2*5-10,13-14H,11H2,1-4H3,(H,24,30)/t2*13-,14-/m00/s1. The number of pyridine rings is 2. The molecule has 26 heteroatoms. The predicted octanol–water partition coefficient (Wildman–Crippen LogP) is 5.14. The Morgan fingerprint density at radius 1 is 0.586 bits per heavy atom. The summed E-state index contributed by atoms with van der Waals surface area (Å²) in [6.45, 7) is 9.79. The highest BCUT2D eigenvalue weighted by Crippen LogP contribution is 2.32. The molecule has 22 nitrogen and oxygen atoms in total. The second-order valence-corrected chi connectivity index (χ2v) is 20.7. The summed E-state index contributed by atoms with van der Waals surface area (Å²) in [5.74, 6) is -0.808. The number of nitrogens with zero attached hydrogens (tertiary/aromatic N) is 10. The first-order valence-electron chi connectivity index (χ1n) is 21.2. The smallest absolute Gasteiger partial charge is 0.276 e. The van der Waals surface area contributed by atoms with E-state index in [0.717, 1.165) is 24.8 Å². The third-order valence-electron chi connectivity index (χ3n) is 11.4. The highest BCUT2D eigenvalue weighted by atomic mass is 32.2. The van der Waals surface area contributed by atoms with Crippen molar-refractivity contribution in [2.24, 2.45) is 0 Å². The number of sulfone groups is 2. The number of hydrogen-bond acceptors (Lipinski definition) is 18. The number of aromatic nitrogens is 12. The van der Waals surface area contributed by atoms with E-state index in [2.05, 4.69) is 50.3 Å². The van der Waals surface area contributed by atoms with Crippen molar-refractivity contribution in [3.8, 4) is 46.0 Å². The molecule has 8 heterocycles. The summed E-state index contributed by atoms with van der Waals surface area (Å²) in [6, 6.07) is 9.78. The van der Waals surface area contributed by atoms with Crippen molar-refractivity contribution < 1.29 is 43.9 Å². The number of aryl methyl sites for hydroxylation is 2. The molecule has 368 valence electrons. The van der Waals surface area contributed by atoms with Crippen LogP contribution in [0.2, 0.25) is 0 Å². The van der Waals surface area contributed by atoms with Crippen LogP contribution in [0.4, 0.5) is 8.78 Å². The molecule has 0 unspecified atom stereocenters. The maximum atomic E-state index is 13.4. The summed E-state index contributed by atoms with van der Waals surface area (Å²) in [7, 11) is -4.97. The van der Waals surface area contributed by atoms with Crippen molar-refractivity contribution in [2.75, 3.05) is 14.2 Å². The molecule has 0 saturated carbocycles. The van der Waals surface area contributed by atoms with Crippen molar-refractivity contribution in [1.82, 2.24) is 59.4 Å². The summed E-state index contributed by atoms with van der Waals surface area (Å²) in [5, 5.41) is 14.5. The summed E-state index contributed by atoms with van der Waals surface area (Å²) >= 11 is 0. The first kappa shape index (κ1) is 50.1. The Bertz CT molecular complexity index is 3250. The van der Waals surface area contributed by atoms with E-state index < -0.39 is 76.3 Å². The van der Waals surface area contributed by atoms with Gasteiger partial charge < -0.3 is 28.3 Å². The highest BCUT2D eigenvalue weighted by Gasteiger charge is 2.35. The number of methoxy groups -OCH3 is 2. The fraction of sp³-hybridized carbons (Fsp3) is 0.318. The largest absolute Gasteiger partial charge is 0.494 e. The number of hydrogen-bond donors (Lipinski definition) is 2. The van der Waals surface area contributed by atoms with Gasteiger partial charge in [-0.05, 0) is 64.1 Å². The minimum Gasteiger partial charge on any atom is -0.494 e. The molecule has 0 saturated heterocycles. The van der Waals surface area contributed by atoms with E-state index in [9.17, 15) is 35.2 Å². The second-order valence-electron chi connectivity index (χ2n) is 15.9. The average Bonchev–Trinajstić information content (AvgIpc) is 4.15. The minimum atomic E-state index is -3.88. The number of halogens is 2. The van der Waals surface area contributed by atoms with E-state index in [0.29, 0.717) is 23.0 Å². The van der Waals surface area contributed by atoms with E-state index in [1.54, 1.807) is 52.0 Å². The SMILES string of the molecule is COc1cc[nH]c(=O)c1-n1c(CS(=O)(=O)[C@@H](C)[C@H](C)c2ncc(F)cn2)nnc1-c1ccc(C)o1.COc1cc[nH]c(=O)c1-n1c(CS(=O)(=O)[C@@H](C)[C@H](C)c2ncc(F)cn2)nnc1-c1ccc(C)o1. The number of furan rings is 2. The van der Waals surface area contributed by atoms with Crippen molar-refractivity contribution in [3.05, 3.63) is 141 Å². The molecule has 2 N–H and O–H groups in total. The van der Waals surface area contributed by atoms with Gasteiger partial charge in [0, 0.05) is 24.2 Å². The van der Waals surface area contributed by atoms with Crippen LogP contribution in [0.5, 0.6) is 11.5 Å². The van der Waals surface area contributed by atoms with Gasteiger partial charge in [-0.2, -0.15) is 0 Å². The van der Waals surface area contributed by atoms with Gasteiger partial charge in [-0.3, -0.25) is 18.7 Å². The van der Waals surface area contributed by atoms with Gasteiger partial charge in [-0.25, -0.2) is 45.6 Å². The van der Waals surface area contributed by atoms with Crippen LogP contribution in [0.15, 0.2) is 92.0 Å². The second kappa shape index (κ2) is 20.5. The molecule has 0 bridgehead atoms. The number of aromatic amines is 2. The molecular formula is C44H46F2N12O10S2. The Hall–Kier alpha value is -7.74. The maximum absolute atomic E-state index is 13.4. The monoisotopic (exact) mass is 1000 g/mol. The third kappa shape index (κ3) is 10.5. The fourth-order valence-electron chi connectivity index (χ4n) is 7.16. The highest BCUT2D eigenvalue weighted by molar-refractivity contribution is 7.91. The van der Waals surface area contributed by atoms with Crippen molar-refractivity contribution in [2.45, 2.75) is 75.4 Å². The van der Waals surface area contributed by atoms with Crippen LogP contribution in [0.25, 0.3) is 34.5 Å². The van der Waals surface area contributed by atoms with Crippen LogP contribution in [-0.2, 0) is 31.2 Å². The molecule has 0 aliphatic carbocycles. The normalized spacial score (nSPS) is 13.5. The van der Waals surface area contributed by atoms with E-state index in [1.807, 2.05) is 0 Å². The van der Waals surface area contributed by atoms with Gasteiger partial charge in [-0.15, -0.1) is 20.4 Å². The van der Waals surface area contributed by atoms with Crippen LogP contribution in [-0.4, -0.2) is 101 Å². The Kier molecular flexibility index (Phi) is 14.7.